The van der Waals surface area contributed by atoms with Crippen LogP contribution in [0.1, 0.15) is 33.6 Å². The Morgan fingerprint density at radius 2 is 2.18 bits per heavy atom. The second kappa shape index (κ2) is 5.96. The number of allylic oxidation sites excluding steroid dienone is 1. The summed E-state index contributed by atoms with van der Waals surface area (Å²) in [5.41, 5.74) is 0. The molecule has 0 saturated carbocycles. The maximum Gasteiger partial charge on any atom is 0.303 e. The lowest BCUT2D eigenvalue weighted by molar-refractivity contribution is -0.144. The summed E-state index contributed by atoms with van der Waals surface area (Å²) in [5, 5.41) is 0. The quantitative estimate of drug-likeness (QED) is 0.461. The zero-order chi connectivity index (χ0) is 8.69. The van der Waals surface area contributed by atoms with Gasteiger partial charge in [0.25, 0.3) is 0 Å². The molecule has 0 aliphatic carbocycles. The van der Waals surface area contributed by atoms with Crippen LogP contribution in [0.4, 0.5) is 0 Å². The first-order valence-corrected chi connectivity index (χ1v) is 4.04. The Morgan fingerprint density at radius 1 is 1.55 bits per heavy atom. The molecular weight excluding hydrogens is 140 g/mol. The zero-order valence-electron chi connectivity index (χ0n) is 7.46. The molecule has 0 saturated heterocycles. The number of rotatable bonds is 4. The lowest BCUT2D eigenvalue weighted by Crippen LogP contribution is -2.11. The summed E-state index contributed by atoms with van der Waals surface area (Å²) in [4.78, 5) is 10.5. The highest BCUT2D eigenvalue weighted by molar-refractivity contribution is 5.66. The molecule has 0 fully saturated rings. The van der Waals surface area contributed by atoms with E-state index in [0.29, 0.717) is 0 Å². The summed E-state index contributed by atoms with van der Waals surface area (Å²) in [6.45, 7) is 5.48. The van der Waals surface area contributed by atoms with E-state index in [0.717, 1.165) is 12.8 Å². The normalized spacial score (nSPS) is 13.4. The first-order chi connectivity index (χ1) is 5.20. The molecule has 0 N–H and O–H groups in total. The van der Waals surface area contributed by atoms with Crippen molar-refractivity contribution in [2.45, 2.75) is 39.7 Å². The smallest absolute Gasteiger partial charge is 0.303 e. The first kappa shape index (κ1) is 10.2. The Balaban J connectivity index is 3.75. The molecule has 64 valence electrons. The minimum Gasteiger partial charge on any atom is -0.458 e. The van der Waals surface area contributed by atoms with Crippen molar-refractivity contribution in [2.24, 2.45) is 0 Å². The fourth-order valence-corrected chi connectivity index (χ4v) is 0.760. The third-order valence-electron chi connectivity index (χ3n) is 1.31. The van der Waals surface area contributed by atoms with Crippen LogP contribution in [0.5, 0.6) is 0 Å². The molecule has 0 aromatic heterocycles. The highest BCUT2D eigenvalue weighted by atomic mass is 16.5. The van der Waals surface area contributed by atoms with Gasteiger partial charge in [-0.2, -0.15) is 0 Å². The lowest BCUT2D eigenvalue weighted by Gasteiger charge is -2.09. The molecule has 0 spiro atoms. The number of hydrogen-bond donors (Lipinski definition) is 0. The second-order valence-corrected chi connectivity index (χ2v) is 2.39. The van der Waals surface area contributed by atoms with Gasteiger partial charge in [0.1, 0.15) is 6.10 Å². The van der Waals surface area contributed by atoms with Crippen LogP contribution in [-0.4, -0.2) is 12.1 Å². The Labute approximate surface area is 68.2 Å². The van der Waals surface area contributed by atoms with Gasteiger partial charge in [0, 0.05) is 6.92 Å². The molecule has 0 unspecified atom stereocenters. The van der Waals surface area contributed by atoms with Crippen LogP contribution >= 0.6 is 0 Å². The fraction of sp³-hybridized carbons (Fsp3) is 0.667. The molecule has 0 aliphatic rings. The summed E-state index contributed by atoms with van der Waals surface area (Å²) >= 11 is 0. The van der Waals surface area contributed by atoms with Crippen LogP contribution in [-0.2, 0) is 9.53 Å². The summed E-state index contributed by atoms with van der Waals surface area (Å²) in [6.07, 6.45) is 5.74. The Hall–Kier alpha value is -0.790. The lowest BCUT2D eigenvalue weighted by atomic mass is 10.2. The topological polar surface area (TPSA) is 26.3 Å². The van der Waals surface area contributed by atoms with E-state index in [-0.39, 0.29) is 12.1 Å². The SMILES string of the molecule is CC/C=C/[C@H](CC)OC(C)=O. The third-order valence-corrected chi connectivity index (χ3v) is 1.31. The van der Waals surface area contributed by atoms with E-state index in [9.17, 15) is 4.79 Å². The number of carbonyl (C=O) groups is 1. The second-order valence-electron chi connectivity index (χ2n) is 2.39. The molecule has 0 heterocycles. The van der Waals surface area contributed by atoms with Crippen molar-refractivity contribution in [1.29, 1.82) is 0 Å². The fourth-order valence-electron chi connectivity index (χ4n) is 0.760. The van der Waals surface area contributed by atoms with Crippen LogP contribution in [0, 0.1) is 0 Å². The molecule has 0 bridgehead atoms. The number of esters is 1. The van der Waals surface area contributed by atoms with Crippen molar-refractivity contribution in [3.8, 4) is 0 Å². The maximum atomic E-state index is 10.5. The third kappa shape index (κ3) is 5.64. The average Bonchev–Trinajstić information content (AvgIpc) is 1.97. The van der Waals surface area contributed by atoms with Gasteiger partial charge in [-0.05, 0) is 18.9 Å². The van der Waals surface area contributed by atoms with E-state index < -0.39 is 0 Å². The predicted molar refractivity (Wildman–Crippen MR) is 45.3 cm³/mol. The van der Waals surface area contributed by atoms with Crippen molar-refractivity contribution in [3.05, 3.63) is 12.2 Å². The van der Waals surface area contributed by atoms with Crippen molar-refractivity contribution < 1.29 is 9.53 Å². The molecule has 0 radical (unpaired) electrons. The van der Waals surface area contributed by atoms with Gasteiger partial charge in [-0.25, -0.2) is 0 Å². The van der Waals surface area contributed by atoms with Gasteiger partial charge in [0.2, 0.25) is 0 Å². The van der Waals surface area contributed by atoms with Gasteiger partial charge in [0.15, 0.2) is 0 Å². The van der Waals surface area contributed by atoms with Gasteiger partial charge >= 0.3 is 5.97 Å². The monoisotopic (exact) mass is 156 g/mol. The Kier molecular flexibility index (Phi) is 5.53. The van der Waals surface area contributed by atoms with Crippen molar-refractivity contribution in [1.82, 2.24) is 0 Å². The van der Waals surface area contributed by atoms with Crippen molar-refractivity contribution in [2.75, 3.05) is 0 Å². The Morgan fingerprint density at radius 3 is 2.55 bits per heavy atom. The Bertz CT molecular complexity index is 138. The van der Waals surface area contributed by atoms with Crippen LogP contribution in [0.25, 0.3) is 0 Å². The van der Waals surface area contributed by atoms with Crippen LogP contribution in [0.2, 0.25) is 0 Å². The van der Waals surface area contributed by atoms with E-state index >= 15 is 0 Å². The van der Waals surface area contributed by atoms with E-state index in [1.54, 1.807) is 0 Å². The molecule has 2 nitrogen and oxygen atoms in total. The molecule has 0 aromatic rings. The number of ether oxygens (including phenoxy) is 1. The minimum absolute atomic E-state index is 0.0348. The highest BCUT2D eigenvalue weighted by Gasteiger charge is 2.03. The van der Waals surface area contributed by atoms with Gasteiger partial charge in [-0.3, -0.25) is 4.79 Å². The first-order valence-electron chi connectivity index (χ1n) is 4.04. The van der Waals surface area contributed by atoms with Gasteiger partial charge in [-0.15, -0.1) is 0 Å². The average molecular weight is 156 g/mol. The van der Waals surface area contributed by atoms with Crippen LogP contribution in [0.3, 0.4) is 0 Å². The van der Waals surface area contributed by atoms with Gasteiger partial charge in [-0.1, -0.05) is 19.9 Å². The molecule has 0 amide bonds. The zero-order valence-corrected chi connectivity index (χ0v) is 7.46. The molecule has 0 aliphatic heterocycles. The standard InChI is InChI=1S/C9H16O2/c1-4-6-7-9(5-2)11-8(3)10/h6-7,9H,4-5H2,1-3H3/b7-6+/t9-/m0/s1. The van der Waals surface area contributed by atoms with Crippen LogP contribution in [0.15, 0.2) is 12.2 Å². The van der Waals surface area contributed by atoms with E-state index in [1.807, 2.05) is 19.1 Å². The molecule has 0 aromatic carbocycles. The summed E-state index contributed by atoms with van der Waals surface area (Å²) < 4.78 is 4.98. The largest absolute Gasteiger partial charge is 0.458 e. The molecule has 0 rings (SSSR count). The van der Waals surface area contributed by atoms with E-state index in [4.69, 9.17) is 4.74 Å². The highest BCUT2D eigenvalue weighted by Crippen LogP contribution is 2.00. The minimum atomic E-state index is -0.211. The summed E-state index contributed by atoms with van der Waals surface area (Å²) in [5.74, 6) is -0.211. The summed E-state index contributed by atoms with van der Waals surface area (Å²) in [7, 11) is 0. The van der Waals surface area contributed by atoms with Gasteiger partial charge < -0.3 is 4.74 Å². The van der Waals surface area contributed by atoms with E-state index in [1.165, 1.54) is 6.92 Å². The van der Waals surface area contributed by atoms with Crippen molar-refractivity contribution in [3.63, 3.8) is 0 Å². The van der Waals surface area contributed by atoms with Gasteiger partial charge in [0.05, 0.1) is 0 Å². The molecular formula is C9H16O2. The predicted octanol–water partition coefficient (Wildman–Crippen LogP) is 2.29. The molecule has 1 atom stereocenters. The van der Waals surface area contributed by atoms with Crippen molar-refractivity contribution >= 4 is 5.97 Å². The molecule has 11 heavy (non-hydrogen) atoms. The number of carbonyl (C=O) groups excluding carboxylic acids is 1. The van der Waals surface area contributed by atoms with Crippen LogP contribution < -0.4 is 0 Å². The molecule has 2 heteroatoms. The maximum absolute atomic E-state index is 10.5. The summed E-state index contributed by atoms with van der Waals surface area (Å²) in [6, 6.07) is 0. The van der Waals surface area contributed by atoms with E-state index in [2.05, 4.69) is 6.92 Å². The number of hydrogen-bond acceptors (Lipinski definition) is 2.